The lowest BCUT2D eigenvalue weighted by molar-refractivity contribution is 0.357. The molecule has 0 fully saturated rings. The van der Waals surface area contributed by atoms with E-state index in [1.807, 2.05) is 18.8 Å². The van der Waals surface area contributed by atoms with Crippen LogP contribution in [0, 0.1) is 6.92 Å². The second-order valence-corrected chi connectivity index (χ2v) is 4.98. The molecule has 2 aromatic rings. The molecular weight excluding hydrogens is 238 g/mol. The minimum atomic E-state index is 0.800. The van der Waals surface area contributed by atoms with Crippen molar-refractivity contribution >= 4 is 0 Å². The van der Waals surface area contributed by atoms with E-state index in [2.05, 4.69) is 35.5 Å². The Balaban J connectivity index is 2.11. The van der Waals surface area contributed by atoms with Crippen molar-refractivity contribution < 1.29 is 4.74 Å². The molecule has 4 nitrogen and oxygen atoms in total. The Bertz CT molecular complexity index is 616. The smallest absolute Gasteiger partial charge is 0.122 e. The molecule has 0 spiro atoms. The molecule has 100 valence electrons. The van der Waals surface area contributed by atoms with Gasteiger partial charge in [-0.15, -0.1) is 0 Å². The fourth-order valence-corrected chi connectivity index (χ4v) is 2.79. The number of nitrogens with one attached hydrogen (secondary N) is 1. The van der Waals surface area contributed by atoms with Crippen LogP contribution in [0.1, 0.15) is 17.0 Å². The lowest BCUT2D eigenvalue weighted by atomic mass is 10.00. The van der Waals surface area contributed by atoms with Gasteiger partial charge in [-0.1, -0.05) is 6.07 Å². The first-order chi connectivity index (χ1) is 9.20. The van der Waals surface area contributed by atoms with E-state index in [1.165, 1.54) is 22.4 Å². The van der Waals surface area contributed by atoms with Crippen LogP contribution in [0.15, 0.2) is 18.2 Å². The van der Waals surface area contributed by atoms with Crippen LogP contribution in [0.25, 0.3) is 11.1 Å². The second-order valence-electron chi connectivity index (χ2n) is 4.98. The number of rotatable bonds is 3. The number of hydrogen-bond donors (Lipinski definition) is 1. The van der Waals surface area contributed by atoms with Gasteiger partial charge in [0.2, 0.25) is 0 Å². The Labute approximate surface area is 113 Å². The predicted octanol–water partition coefficient (Wildman–Crippen LogP) is 2.05. The zero-order valence-electron chi connectivity index (χ0n) is 11.7. The van der Waals surface area contributed by atoms with Crippen LogP contribution in [0.3, 0.4) is 0 Å². The minimum absolute atomic E-state index is 0.800. The van der Waals surface area contributed by atoms with Gasteiger partial charge >= 0.3 is 0 Å². The summed E-state index contributed by atoms with van der Waals surface area (Å²) in [6.07, 6.45) is 1.00. The van der Waals surface area contributed by atoms with E-state index < -0.39 is 0 Å². The summed E-state index contributed by atoms with van der Waals surface area (Å²) in [7, 11) is 3.96. The average Bonchev–Trinajstić information content (AvgIpc) is 2.94. The molecule has 0 aliphatic carbocycles. The molecule has 0 unspecified atom stereocenters. The molecule has 2 heterocycles. The summed E-state index contributed by atoms with van der Waals surface area (Å²) in [4.78, 5) is 0. The molecule has 0 radical (unpaired) electrons. The normalized spacial score (nSPS) is 13.4. The number of ether oxygens (including phenoxy) is 1. The fraction of sp³-hybridized carbons (Fsp3) is 0.400. The topological polar surface area (TPSA) is 39.1 Å². The molecule has 1 N–H and O–H groups in total. The lowest BCUT2D eigenvalue weighted by Crippen LogP contribution is -2.10. The molecule has 1 aliphatic rings. The van der Waals surface area contributed by atoms with Crippen LogP contribution < -0.4 is 10.1 Å². The van der Waals surface area contributed by atoms with Crippen molar-refractivity contribution in [3.8, 4) is 16.9 Å². The maximum Gasteiger partial charge on any atom is 0.122 e. The van der Waals surface area contributed by atoms with E-state index in [1.54, 1.807) is 0 Å². The largest absolute Gasteiger partial charge is 0.493 e. The van der Waals surface area contributed by atoms with Gasteiger partial charge in [0.1, 0.15) is 5.75 Å². The van der Waals surface area contributed by atoms with Crippen molar-refractivity contribution in [3.05, 3.63) is 35.2 Å². The Morgan fingerprint density at radius 1 is 1.42 bits per heavy atom. The molecule has 0 saturated heterocycles. The second kappa shape index (κ2) is 4.70. The van der Waals surface area contributed by atoms with Gasteiger partial charge in [0, 0.05) is 25.6 Å². The van der Waals surface area contributed by atoms with E-state index >= 15 is 0 Å². The number of aryl methyl sites for hydroxylation is 2. The predicted molar refractivity (Wildman–Crippen MR) is 75.3 cm³/mol. The van der Waals surface area contributed by atoms with E-state index in [-0.39, 0.29) is 0 Å². The van der Waals surface area contributed by atoms with Gasteiger partial charge in [0.15, 0.2) is 0 Å². The number of nitrogens with zero attached hydrogens (tertiary/aromatic N) is 2. The SMILES string of the molecule is CNCc1c(-c2ccc3c(c2)CCO3)c(C)nn1C. The molecule has 0 atom stereocenters. The number of benzene rings is 1. The van der Waals surface area contributed by atoms with Crippen molar-refractivity contribution in [1.29, 1.82) is 0 Å². The van der Waals surface area contributed by atoms with Crippen molar-refractivity contribution in [2.75, 3.05) is 13.7 Å². The van der Waals surface area contributed by atoms with E-state index in [4.69, 9.17) is 4.74 Å². The minimum Gasteiger partial charge on any atom is -0.493 e. The highest BCUT2D eigenvalue weighted by Gasteiger charge is 2.18. The summed E-state index contributed by atoms with van der Waals surface area (Å²) in [6.45, 7) is 3.69. The summed E-state index contributed by atoms with van der Waals surface area (Å²) in [5.74, 6) is 1.03. The Morgan fingerprint density at radius 3 is 3.05 bits per heavy atom. The summed E-state index contributed by atoms with van der Waals surface area (Å²) in [5, 5.41) is 7.76. The molecule has 1 aromatic heterocycles. The van der Waals surface area contributed by atoms with Crippen LogP contribution in [0.4, 0.5) is 0 Å². The van der Waals surface area contributed by atoms with Crippen molar-refractivity contribution in [1.82, 2.24) is 15.1 Å². The molecule has 0 bridgehead atoms. The highest BCUT2D eigenvalue weighted by Crippen LogP contribution is 2.33. The third kappa shape index (κ3) is 2.02. The number of hydrogen-bond acceptors (Lipinski definition) is 3. The van der Waals surface area contributed by atoms with Crippen molar-refractivity contribution in [3.63, 3.8) is 0 Å². The van der Waals surface area contributed by atoms with Gasteiger partial charge in [-0.25, -0.2) is 0 Å². The van der Waals surface area contributed by atoms with Crippen LogP contribution in [-0.2, 0) is 20.0 Å². The highest BCUT2D eigenvalue weighted by atomic mass is 16.5. The van der Waals surface area contributed by atoms with Crippen molar-refractivity contribution in [2.24, 2.45) is 7.05 Å². The van der Waals surface area contributed by atoms with Gasteiger partial charge in [0.25, 0.3) is 0 Å². The monoisotopic (exact) mass is 257 g/mol. The maximum atomic E-state index is 5.57. The molecule has 1 aromatic carbocycles. The molecule has 19 heavy (non-hydrogen) atoms. The van der Waals surface area contributed by atoms with Gasteiger partial charge in [-0.2, -0.15) is 5.10 Å². The average molecular weight is 257 g/mol. The molecule has 4 heteroatoms. The van der Waals surface area contributed by atoms with Gasteiger partial charge in [-0.3, -0.25) is 4.68 Å². The van der Waals surface area contributed by atoms with Gasteiger partial charge in [-0.05, 0) is 37.2 Å². The fourth-order valence-electron chi connectivity index (χ4n) is 2.79. The third-order valence-electron chi connectivity index (χ3n) is 3.66. The first-order valence-electron chi connectivity index (χ1n) is 6.64. The quantitative estimate of drug-likeness (QED) is 0.914. The summed E-state index contributed by atoms with van der Waals surface area (Å²) < 4.78 is 7.53. The molecule has 0 saturated carbocycles. The maximum absolute atomic E-state index is 5.57. The number of aromatic nitrogens is 2. The molecular formula is C15H19N3O. The summed E-state index contributed by atoms with van der Waals surface area (Å²) in [5.41, 5.74) is 6.08. The standard InChI is InChI=1S/C15H19N3O/c1-10-15(13(9-16-2)18(3)17-10)12-4-5-14-11(8-12)6-7-19-14/h4-5,8,16H,6-7,9H2,1-3H3. The third-order valence-corrected chi connectivity index (χ3v) is 3.66. The first-order valence-corrected chi connectivity index (χ1v) is 6.64. The van der Waals surface area contributed by atoms with E-state index in [0.717, 1.165) is 31.0 Å². The van der Waals surface area contributed by atoms with E-state index in [9.17, 15) is 0 Å². The van der Waals surface area contributed by atoms with Crippen LogP contribution in [-0.4, -0.2) is 23.4 Å². The van der Waals surface area contributed by atoms with Gasteiger partial charge in [0.05, 0.1) is 18.0 Å². The zero-order chi connectivity index (χ0) is 13.4. The van der Waals surface area contributed by atoms with E-state index in [0.29, 0.717) is 0 Å². The van der Waals surface area contributed by atoms with Crippen LogP contribution in [0.2, 0.25) is 0 Å². The number of fused-ring (bicyclic) bond motifs is 1. The lowest BCUT2D eigenvalue weighted by Gasteiger charge is -2.08. The Morgan fingerprint density at radius 2 is 2.26 bits per heavy atom. The van der Waals surface area contributed by atoms with Crippen LogP contribution in [0.5, 0.6) is 5.75 Å². The van der Waals surface area contributed by atoms with Gasteiger partial charge < -0.3 is 10.1 Å². The Hall–Kier alpha value is -1.81. The molecule has 3 rings (SSSR count). The summed E-state index contributed by atoms with van der Waals surface area (Å²) in [6, 6.07) is 6.45. The van der Waals surface area contributed by atoms with Crippen molar-refractivity contribution in [2.45, 2.75) is 19.9 Å². The first kappa shape index (κ1) is 12.2. The zero-order valence-corrected chi connectivity index (χ0v) is 11.7. The molecule has 1 aliphatic heterocycles. The Kier molecular flexibility index (Phi) is 3.03. The molecule has 0 amide bonds. The van der Waals surface area contributed by atoms with Crippen LogP contribution >= 0.6 is 0 Å². The highest BCUT2D eigenvalue weighted by molar-refractivity contribution is 5.70. The summed E-state index contributed by atoms with van der Waals surface area (Å²) >= 11 is 0.